The molecule has 1 unspecified atom stereocenters. The molecule has 0 saturated carbocycles. The van der Waals surface area contributed by atoms with Crippen LogP contribution < -0.4 is 5.32 Å². The molecule has 1 heterocycles. The van der Waals surface area contributed by atoms with Crippen LogP contribution in [0.1, 0.15) is 63.7 Å². The lowest BCUT2D eigenvalue weighted by Crippen LogP contribution is -2.32. The zero-order valence-electron chi connectivity index (χ0n) is 18.4. The van der Waals surface area contributed by atoms with Gasteiger partial charge < -0.3 is 15.0 Å². The normalized spacial score (nSPS) is 11.7. The van der Waals surface area contributed by atoms with Crippen LogP contribution in [0.3, 0.4) is 0 Å². The number of carbonyl (C=O) groups is 2. The van der Waals surface area contributed by atoms with Gasteiger partial charge in [0.2, 0.25) is 5.91 Å². The van der Waals surface area contributed by atoms with Crippen molar-refractivity contribution in [3.8, 4) is 0 Å². The summed E-state index contributed by atoms with van der Waals surface area (Å²) in [6, 6.07) is 7.75. The molecule has 8 heteroatoms. The molecule has 2 rings (SSSR count). The highest BCUT2D eigenvalue weighted by Gasteiger charge is 2.22. The van der Waals surface area contributed by atoms with Crippen molar-refractivity contribution in [1.82, 2.24) is 20.4 Å². The molecule has 0 fully saturated rings. The van der Waals surface area contributed by atoms with Crippen molar-refractivity contribution in [1.29, 1.82) is 0 Å². The topological polar surface area (TPSA) is 84.4 Å². The highest BCUT2D eigenvalue weighted by Crippen LogP contribution is 2.25. The van der Waals surface area contributed by atoms with E-state index in [1.807, 2.05) is 58.9 Å². The van der Waals surface area contributed by atoms with E-state index in [-0.39, 0.29) is 11.9 Å². The number of ether oxygens (including phenoxy) is 1. The molecule has 1 N–H and O–H groups in total. The Bertz CT molecular complexity index is 755. The minimum atomic E-state index is -0.517. The number of nitrogens with one attached hydrogen (secondary N) is 1. The Morgan fingerprint density at radius 2 is 1.76 bits per heavy atom. The molecule has 7 nitrogen and oxygen atoms in total. The smallest absolute Gasteiger partial charge is 0.407 e. The summed E-state index contributed by atoms with van der Waals surface area (Å²) in [5, 5.41) is 11.6. The van der Waals surface area contributed by atoms with E-state index in [0.717, 1.165) is 16.1 Å². The van der Waals surface area contributed by atoms with Crippen LogP contribution in [0.2, 0.25) is 0 Å². The van der Waals surface area contributed by atoms with Crippen molar-refractivity contribution in [3.05, 3.63) is 45.9 Å². The van der Waals surface area contributed by atoms with Gasteiger partial charge >= 0.3 is 6.09 Å². The van der Waals surface area contributed by atoms with E-state index in [1.165, 1.54) is 11.3 Å². The van der Waals surface area contributed by atoms with Crippen LogP contribution in [-0.2, 0) is 22.5 Å². The van der Waals surface area contributed by atoms with Crippen LogP contribution in [0, 0.1) is 0 Å². The third-order valence-corrected chi connectivity index (χ3v) is 4.71. The molecule has 0 aliphatic carbocycles. The number of nitrogens with zero attached hydrogens (tertiary/aromatic N) is 3. The maximum absolute atomic E-state index is 11.8. The number of rotatable bonds is 6. The van der Waals surface area contributed by atoms with Crippen molar-refractivity contribution in [2.45, 2.75) is 66.2 Å². The number of benzene rings is 1. The molecular weight excluding hydrogens is 388 g/mol. The number of hydrogen-bond donors (Lipinski definition) is 1. The Morgan fingerprint density at radius 3 is 2.24 bits per heavy atom. The predicted octanol–water partition coefficient (Wildman–Crippen LogP) is 4.35. The maximum atomic E-state index is 11.8. The van der Waals surface area contributed by atoms with Crippen LogP contribution in [0.15, 0.2) is 29.8 Å². The zero-order valence-corrected chi connectivity index (χ0v) is 19.2. The largest absolute Gasteiger partial charge is 0.444 e. The number of hydrogen-bond acceptors (Lipinski definition) is 6. The van der Waals surface area contributed by atoms with Gasteiger partial charge in [-0.15, -0.1) is 21.5 Å². The summed E-state index contributed by atoms with van der Waals surface area (Å²) >= 11 is 1.44. The molecule has 1 aromatic heterocycles. The Hall–Kier alpha value is -2.48. The molecule has 0 aliphatic rings. The molecular formula is C21H32N4O3S. The highest BCUT2D eigenvalue weighted by atomic mass is 32.1. The minimum absolute atomic E-state index is 0.0200. The summed E-state index contributed by atoms with van der Waals surface area (Å²) in [7, 11) is 1.77. The van der Waals surface area contributed by atoms with E-state index in [2.05, 4.69) is 15.5 Å². The van der Waals surface area contributed by atoms with Crippen LogP contribution in [0.4, 0.5) is 4.79 Å². The fourth-order valence-electron chi connectivity index (χ4n) is 2.44. The van der Waals surface area contributed by atoms with Gasteiger partial charge in [0.05, 0.1) is 6.04 Å². The highest BCUT2D eigenvalue weighted by molar-refractivity contribution is 7.09. The number of alkyl carbamates (subject to hydrolysis) is 1. The Kier molecular flexibility index (Phi) is 9.74. The van der Waals surface area contributed by atoms with Gasteiger partial charge in [0, 0.05) is 20.5 Å². The number of carbonyl (C=O) groups excluding carboxylic acids is 2. The second-order valence-corrected chi connectivity index (χ2v) is 8.16. The Balaban J connectivity index is 0.00000204. The van der Waals surface area contributed by atoms with Gasteiger partial charge in [-0.05, 0) is 38.3 Å². The Labute approximate surface area is 177 Å². The van der Waals surface area contributed by atoms with Gasteiger partial charge in [0.1, 0.15) is 16.1 Å². The summed E-state index contributed by atoms with van der Waals surface area (Å²) in [5.74, 6) is -0.0200. The van der Waals surface area contributed by atoms with Gasteiger partial charge in [0.15, 0.2) is 0 Å². The molecule has 0 spiro atoms. The van der Waals surface area contributed by atoms with Gasteiger partial charge in [0.25, 0.3) is 0 Å². The average molecular weight is 421 g/mol. The third kappa shape index (κ3) is 8.60. The summed E-state index contributed by atoms with van der Waals surface area (Å²) in [4.78, 5) is 25.2. The van der Waals surface area contributed by atoms with E-state index in [1.54, 1.807) is 24.4 Å². The van der Waals surface area contributed by atoms with Gasteiger partial charge in [-0.3, -0.25) is 4.79 Å². The van der Waals surface area contributed by atoms with Crippen LogP contribution in [0.25, 0.3) is 0 Å². The number of amides is 2. The van der Waals surface area contributed by atoms with Crippen LogP contribution in [0.5, 0.6) is 0 Å². The predicted molar refractivity (Wildman–Crippen MR) is 116 cm³/mol. The number of aromatic nitrogens is 2. The van der Waals surface area contributed by atoms with Crippen molar-refractivity contribution in [2.75, 3.05) is 7.05 Å². The molecule has 2 aromatic rings. The van der Waals surface area contributed by atoms with Crippen LogP contribution in [-0.4, -0.2) is 39.7 Å². The molecule has 0 radical (unpaired) electrons. The van der Waals surface area contributed by atoms with E-state index in [4.69, 9.17) is 4.74 Å². The maximum Gasteiger partial charge on any atom is 0.407 e. The monoisotopic (exact) mass is 420 g/mol. The second-order valence-electron chi connectivity index (χ2n) is 7.30. The molecule has 0 saturated heterocycles. The van der Waals surface area contributed by atoms with Crippen molar-refractivity contribution >= 4 is 23.3 Å². The van der Waals surface area contributed by atoms with E-state index >= 15 is 0 Å². The van der Waals surface area contributed by atoms with Crippen molar-refractivity contribution in [3.63, 3.8) is 0 Å². The SMILES string of the molecule is CC.CC(=O)N(C)C(Cc1ccc(CNC(=O)OC(C)(C)C)cc1)c1nncs1. The van der Waals surface area contributed by atoms with E-state index in [9.17, 15) is 9.59 Å². The van der Waals surface area contributed by atoms with Gasteiger partial charge in [-0.1, -0.05) is 38.1 Å². The first-order valence-corrected chi connectivity index (χ1v) is 10.6. The first-order valence-electron chi connectivity index (χ1n) is 9.70. The minimum Gasteiger partial charge on any atom is -0.444 e. The summed E-state index contributed by atoms with van der Waals surface area (Å²) in [5.41, 5.74) is 3.19. The summed E-state index contributed by atoms with van der Waals surface area (Å²) in [6.45, 7) is 11.4. The fraction of sp³-hybridized carbons (Fsp3) is 0.524. The fourth-order valence-corrected chi connectivity index (χ4v) is 3.14. The summed E-state index contributed by atoms with van der Waals surface area (Å²) < 4.78 is 5.23. The second kappa shape index (κ2) is 11.5. The first-order chi connectivity index (χ1) is 13.7. The van der Waals surface area contributed by atoms with E-state index in [0.29, 0.717) is 13.0 Å². The first kappa shape index (κ1) is 24.6. The van der Waals surface area contributed by atoms with Crippen molar-refractivity contribution < 1.29 is 14.3 Å². The lowest BCUT2D eigenvalue weighted by atomic mass is 10.0. The Morgan fingerprint density at radius 1 is 1.17 bits per heavy atom. The molecule has 2 amide bonds. The summed E-state index contributed by atoms with van der Waals surface area (Å²) in [6.07, 6.45) is 0.205. The van der Waals surface area contributed by atoms with Gasteiger partial charge in [-0.25, -0.2) is 4.79 Å². The molecule has 160 valence electrons. The quantitative estimate of drug-likeness (QED) is 0.751. The van der Waals surface area contributed by atoms with Crippen LogP contribution >= 0.6 is 11.3 Å². The number of likely N-dealkylation sites (N-methyl/N-ethyl adjacent to an activating group) is 1. The molecule has 1 atom stereocenters. The standard InChI is InChI=1S/C19H26N4O3S.C2H6/c1-13(24)23(5)16(17-22-21-12-27-17)10-14-6-8-15(9-7-14)11-20-18(25)26-19(2,3)4;1-2/h6-9,12,16H,10-11H2,1-5H3,(H,20,25);1-2H3. The molecule has 0 bridgehead atoms. The lowest BCUT2D eigenvalue weighted by molar-refractivity contribution is -0.129. The van der Waals surface area contributed by atoms with Gasteiger partial charge in [-0.2, -0.15) is 0 Å². The zero-order chi connectivity index (χ0) is 22.0. The van der Waals surface area contributed by atoms with E-state index < -0.39 is 11.7 Å². The average Bonchev–Trinajstić information content (AvgIpc) is 3.19. The molecule has 1 aromatic carbocycles. The molecule has 0 aliphatic heterocycles. The molecule has 29 heavy (non-hydrogen) atoms. The third-order valence-electron chi connectivity index (χ3n) is 3.91. The van der Waals surface area contributed by atoms with Crippen molar-refractivity contribution in [2.24, 2.45) is 0 Å². The lowest BCUT2D eigenvalue weighted by Gasteiger charge is -2.25.